The second-order valence-corrected chi connectivity index (χ2v) is 5.12. The Labute approximate surface area is 119 Å². The Hall–Kier alpha value is -2.28. The standard InChI is InChI=1S/C13H10N4O2S/c18-10(8-4-2-1-3-5-8)7-20-13-15-11-9(6-14-17-11)12(19)16-13/h1-6,11H,7H2,(H,15,16,19). The summed E-state index contributed by atoms with van der Waals surface area (Å²) in [7, 11) is 0. The van der Waals surface area contributed by atoms with E-state index in [4.69, 9.17) is 0 Å². The van der Waals surface area contributed by atoms with Gasteiger partial charge in [-0.25, -0.2) is 4.99 Å². The molecule has 1 N–H and O–H groups in total. The quantitative estimate of drug-likeness (QED) is 0.859. The molecule has 0 saturated heterocycles. The van der Waals surface area contributed by atoms with Crippen molar-refractivity contribution < 1.29 is 9.59 Å². The van der Waals surface area contributed by atoms with Crippen molar-refractivity contribution in [2.45, 2.75) is 6.17 Å². The van der Waals surface area contributed by atoms with Crippen LogP contribution in [0.2, 0.25) is 0 Å². The molecular formula is C13H10N4O2S. The monoisotopic (exact) mass is 286 g/mol. The van der Waals surface area contributed by atoms with Crippen LogP contribution in [0.5, 0.6) is 0 Å². The van der Waals surface area contributed by atoms with E-state index < -0.39 is 6.17 Å². The maximum Gasteiger partial charge on any atom is 0.258 e. The van der Waals surface area contributed by atoms with Gasteiger partial charge in [0.05, 0.1) is 17.5 Å². The summed E-state index contributed by atoms with van der Waals surface area (Å²) in [5, 5.41) is 10.5. The number of hydrogen-bond donors (Lipinski definition) is 1. The summed E-state index contributed by atoms with van der Waals surface area (Å²) in [6, 6.07) is 9.00. The van der Waals surface area contributed by atoms with Gasteiger partial charge in [0.2, 0.25) is 0 Å². The van der Waals surface area contributed by atoms with Crippen LogP contribution >= 0.6 is 11.8 Å². The van der Waals surface area contributed by atoms with Crippen LogP contribution in [0.25, 0.3) is 0 Å². The second-order valence-electron chi connectivity index (χ2n) is 4.16. The molecular weight excluding hydrogens is 276 g/mol. The number of carbonyl (C=O) groups is 2. The minimum atomic E-state index is -0.557. The number of ketones is 1. The first-order valence-corrected chi connectivity index (χ1v) is 6.93. The number of fused-ring (bicyclic) bond motifs is 1. The smallest absolute Gasteiger partial charge is 0.258 e. The number of Topliss-reactive ketones (excluding diaryl/α,β-unsaturated/α-hetero) is 1. The van der Waals surface area contributed by atoms with E-state index in [-0.39, 0.29) is 17.4 Å². The lowest BCUT2D eigenvalue weighted by molar-refractivity contribution is -0.116. The predicted molar refractivity (Wildman–Crippen MR) is 75.5 cm³/mol. The fraction of sp³-hybridized carbons (Fsp3) is 0.154. The van der Waals surface area contributed by atoms with Crippen LogP contribution in [0.1, 0.15) is 10.4 Å². The summed E-state index contributed by atoms with van der Waals surface area (Å²) in [5.41, 5.74) is 1.08. The highest BCUT2D eigenvalue weighted by Crippen LogP contribution is 2.22. The molecule has 7 heteroatoms. The van der Waals surface area contributed by atoms with E-state index >= 15 is 0 Å². The second kappa shape index (κ2) is 5.38. The summed E-state index contributed by atoms with van der Waals surface area (Å²) in [4.78, 5) is 27.9. The van der Waals surface area contributed by atoms with Crippen molar-refractivity contribution in [1.29, 1.82) is 0 Å². The molecule has 1 aromatic carbocycles. The molecule has 2 aliphatic heterocycles. The third kappa shape index (κ3) is 2.53. The summed E-state index contributed by atoms with van der Waals surface area (Å²) < 4.78 is 0. The van der Waals surface area contributed by atoms with Gasteiger partial charge in [0.15, 0.2) is 17.1 Å². The number of amidine groups is 1. The minimum absolute atomic E-state index is 0.0121. The number of hydrogen-bond acceptors (Lipinski definition) is 6. The van der Waals surface area contributed by atoms with Crippen molar-refractivity contribution in [3.8, 4) is 0 Å². The number of carbonyl (C=O) groups excluding carboxylic acids is 2. The van der Waals surface area contributed by atoms with Crippen LogP contribution in [-0.4, -0.2) is 28.8 Å². The van der Waals surface area contributed by atoms with Crippen LogP contribution in [0.3, 0.4) is 0 Å². The normalized spacial score (nSPS) is 20.0. The number of aliphatic imine (C=N–C) groups is 1. The lowest BCUT2D eigenvalue weighted by Gasteiger charge is -2.16. The average molecular weight is 286 g/mol. The van der Waals surface area contributed by atoms with Crippen LogP contribution in [0.4, 0.5) is 0 Å². The molecule has 2 aliphatic rings. The highest BCUT2D eigenvalue weighted by atomic mass is 32.2. The maximum absolute atomic E-state index is 12.0. The van der Waals surface area contributed by atoms with Gasteiger partial charge in [-0.3, -0.25) is 9.59 Å². The zero-order valence-electron chi connectivity index (χ0n) is 10.3. The first-order chi connectivity index (χ1) is 9.74. The maximum atomic E-state index is 12.0. The lowest BCUT2D eigenvalue weighted by atomic mass is 10.2. The Morgan fingerprint density at radius 3 is 2.90 bits per heavy atom. The molecule has 0 aliphatic carbocycles. The first-order valence-electron chi connectivity index (χ1n) is 5.94. The molecule has 0 radical (unpaired) electrons. The number of benzene rings is 1. The topological polar surface area (TPSA) is 83.2 Å². The Morgan fingerprint density at radius 1 is 1.30 bits per heavy atom. The van der Waals surface area contributed by atoms with E-state index in [1.165, 1.54) is 18.0 Å². The van der Waals surface area contributed by atoms with Gasteiger partial charge in [-0.05, 0) is 0 Å². The summed E-state index contributed by atoms with van der Waals surface area (Å²) in [5.74, 6) is -0.0573. The van der Waals surface area contributed by atoms with Crippen molar-refractivity contribution in [2.75, 3.05) is 5.75 Å². The molecule has 0 fully saturated rings. The predicted octanol–water partition coefficient (Wildman–Crippen LogP) is 1.76. The van der Waals surface area contributed by atoms with Gasteiger partial charge in [-0.1, -0.05) is 42.1 Å². The number of thioether (sulfide) groups is 1. The molecule has 0 bridgehead atoms. The van der Waals surface area contributed by atoms with E-state index in [0.717, 1.165) is 0 Å². The molecule has 6 nitrogen and oxygen atoms in total. The number of nitrogens with zero attached hydrogens (tertiary/aromatic N) is 3. The van der Waals surface area contributed by atoms with Gasteiger partial charge in [0.1, 0.15) is 0 Å². The van der Waals surface area contributed by atoms with Gasteiger partial charge in [0, 0.05) is 5.56 Å². The fourth-order valence-electron chi connectivity index (χ4n) is 1.79. The van der Waals surface area contributed by atoms with Crippen LogP contribution < -0.4 is 5.32 Å². The van der Waals surface area contributed by atoms with Gasteiger partial charge in [-0.15, -0.1) is 0 Å². The third-order valence-electron chi connectivity index (χ3n) is 2.81. The molecule has 1 amide bonds. The molecule has 100 valence electrons. The van der Waals surface area contributed by atoms with Gasteiger partial charge < -0.3 is 5.32 Å². The van der Waals surface area contributed by atoms with E-state index in [1.54, 1.807) is 12.1 Å². The average Bonchev–Trinajstić information content (AvgIpc) is 2.94. The van der Waals surface area contributed by atoms with E-state index in [1.807, 2.05) is 18.2 Å². The van der Waals surface area contributed by atoms with Gasteiger partial charge in [-0.2, -0.15) is 10.2 Å². The zero-order chi connectivity index (χ0) is 13.9. The number of nitrogens with one attached hydrogen (secondary N) is 1. The first kappa shape index (κ1) is 12.7. The molecule has 1 unspecified atom stereocenters. The lowest BCUT2D eigenvalue weighted by Crippen LogP contribution is -2.38. The summed E-state index contributed by atoms with van der Waals surface area (Å²) in [6.07, 6.45) is 0.846. The third-order valence-corrected chi connectivity index (χ3v) is 3.70. The molecule has 1 aromatic rings. The SMILES string of the molecule is O=C1NC(SCC(=O)c2ccccc2)=NC2N=NC=C12. The van der Waals surface area contributed by atoms with Crippen molar-refractivity contribution in [1.82, 2.24) is 5.32 Å². The van der Waals surface area contributed by atoms with Crippen molar-refractivity contribution in [2.24, 2.45) is 15.2 Å². The molecule has 0 aromatic heterocycles. The van der Waals surface area contributed by atoms with E-state index in [0.29, 0.717) is 16.3 Å². The van der Waals surface area contributed by atoms with Crippen LogP contribution in [-0.2, 0) is 4.79 Å². The Morgan fingerprint density at radius 2 is 2.10 bits per heavy atom. The molecule has 20 heavy (non-hydrogen) atoms. The Kier molecular flexibility index (Phi) is 3.42. The van der Waals surface area contributed by atoms with Crippen LogP contribution in [0, 0.1) is 0 Å². The minimum Gasteiger partial charge on any atom is -0.301 e. The fourth-order valence-corrected chi connectivity index (χ4v) is 2.56. The molecule has 0 saturated carbocycles. The number of amides is 1. The van der Waals surface area contributed by atoms with Gasteiger partial charge >= 0.3 is 0 Å². The van der Waals surface area contributed by atoms with Crippen molar-refractivity contribution >= 4 is 28.6 Å². The summed E-state index contributed by atoms with van der Waals surface area (Å²) >= 11 is 1.19. The van der Waals surface area contributed by atoms with E-state index in [9.17, 15) is 9.59 Å². The molecule has 3 rings (SSSR count). The molecule has 2 heterocycles. The zero-order valence-corrected chi connectivity index (χ0v) is 11.1. The van der Waals surface area contributed by atoms with Crippen molar-refractivity contribution in [3.63, 3.8) is 0 Å². The Bertz CT molecular complexity index is 652. The van der Waals surface area contributed by atoms with E-state index in [2.05, 4.69) is 20.5 Å². The largest absolute Gasteiger partial charge is 0.301 e. The summed E-state index contributed by atoms with van der Waals surface area (Å²) in [6.45, 7) is 0. The van der Waals surface area contributed by atoms with Crippen LogP contribution in [0.15, 0.2) is 57.3 Å². The number of rotatable bonds is 3. The molecule has 0 spiro atoms. The highest BCUT2D eigenvalue weighted by molar-refractivity contribution is 8.14. The van der Waals surface area contributed by atoms with Gasteiger partial charge in [0.25, 0.3) is 5.91 Å². The van der Waals surface area contributed by atoms with Crippen molar-refractivity contribution in [3.05, 3.63) is 47.7 Å². The Balaban J connectivity index is 1.65. The highest BCUT2D eigenvalue weighted by Gasteiger charge is 2.29. The molecule has 1 atom stereocenters. The number of azo groups is 1.